The number of aryl methyl sites for hydroxylation is 1. The third-order valence-corrected chi connectivity index (χ3v) is 5.30. The van der Waals surface area contributed by atoms with Crippen LogP contribution < -0.4 is 14.8 Å². The van der Waals surface area contributed by atoms with Gasteiger partial charge in [0.2, 0.25) is 0 Å². The van der Waals surface area contributed by atoms with Crippen LogP contribution in [0.15, 0.2) is 77.2 Å². The number of amides is 1. The first-order chi connectivity index (χ1) is 16.8. The summed E-state index contributed by atoms with van der Waals surface area (Å²) in [5.41, 5.74) is 0.982. The molecular weight excluding hydrogens is 495 g/mol. The van der Waals surface area contributed by atoms with Crippen molar-refractivity contribution in [2.75, 3.05) is 5.32 Å². The molecule has 1 aromatic heterocycles. The van der Waals surface area contributed by atoms with Crippen LogP contribution in [0.5, 0.6) is 17.2 Å². The molecule has 3 aromatic carbocycles. The van der Waals surface area contributed by atoms with Gasteiger partial charge in [-0.1, -0.05) is 40.9 Å². The molecule has 0 spiro atoms. The minimum Gasteiger partial charge on any atom is -0.484 e. The molecule has 35 heavy (non-hydrogen) atoms. The fraction of sp³-hybridized carbons (Fsp3) is 0.0800. The number of hydrogen-bond acceptors (Lipinski definition) is 6. The van der Waals surface area contributed by atoms with Crippen molar-refractivity contribution in [2.45, 2.75) is 13.5 Å². The van der Waals surface area contributed by atoms with Crippen LogP contribution in [0.3, 0.4) is 0 Å². The molecule has 0 unspecified atom stereocenters. The minimum absolute atomic E-state index is 0.00156. The molecule has 8 nitrogen and oxygen atoms in total. The first-order valence-electron chi connectivity index (χ1n) is 10.3. The molecule has 0 aliphatic rings. The molecule has 0 saturated heterocycles. The number of furan rings is 1. The van der Waals surface area contributed by atoms with Gasteiger partial charge in [-0.15, -0.1) is 0 Å². The predicted molar refractivity (Wildman–Crippen MR) is 132 cm³/mol. The largest absolute Gasteiger partial charge is 0.484 e. The van der Waals surface area contributed by atoms with Crippen molar-refractivity contribution in [3.63, 3.8) is 0 Å². The highest BCUT2D eigenvalue weighted by molar-refractivity contribution is 6.35. The first-order valence-corrected chi connectivity index (χ1v) is 11.0. The van der Waals surface area contributed by atoms with E-state index < -0.39 is 10.8 Å². The van der Waals surface area contributed by atoms with Gasteiger partial charge < -0.3 is 19.2 Å². The van der Waals surface area contributed by atoms with Crippen LogP contribution in [0.25, 0.3) is 0 Å². The fourth-order valence-electron chi connectivity index (χ4n) is 3.07. The zero-order valence-electron chi connectivity index (χ0n) is 18.3. The lowest BCUT2D eigenvalue weighted by molar-refractivity contribution is -0.384. The lowest BCUT2D eigenvalue weighted by atomic mass is 10.2. The average molecular weight is 513 g/mol. The van der Waals surface area contributed by atoms with Crippen molar-refractivity contribution in [3.8, 4) is 17.2 Å². The van der Waals surface area contributed by atoms with E-state index in [4.69, 9.17) is 37.1 Å². The molecule has 0 aliphatic heterocycles. The second-order valence-corrected chi connectivity index (χ2v) is 8.31. The lowest BCUT2D eigenvalue weighted by Crippen LogP contribution is -2.11. The summed E-state index contributed by atoms with van der Waals surface area (Å²) in [7, 11) is 0. The van der Waals surface area contributed by atoms with Gasteiger partial charge >= 0.3 is 0 Å². The third-order valence-electron chi connectivity index (χ3n) is 4.77. The van der Waals surface area contributed by atoms with E-state index in [9.17, 15) is 14.9 Å². The van der Waals surface area contributed by atoms with E-state index in [2.05, 4.69) is 5.32 Å². The van der Waals surface area contributed by atoms with Gasteiger partial charge in [0, 0.05) is 17.2 Å². The highest BCUT2D eigenvalue weighted by Crippen LogP contribution is 2.31. The number of hydrogen-bond donors (Lipinski definition) is 1. The number of halogens is 2. The maximum Gasteiger partial charge on any atom is 0.291 e. The topological polar surface area (TPSA) is 104 Å². The molecule has 4 aromatic rings. The van der Waals surface area contributed by atoms with Gasteiger partial charge in [-0.2, -0.15) is 0 Å². The predicted octanol–water partition coefficient (Wildman–Crippen LogP) is 7.43. The zero-order chi connectivity index (χ0) is 24.9. The van der Waals surface area contributed by atoms with Gasteiger partial charge in [-0.3, -0.25) is 14.9 Å². The van der Waals surface area contributed by atoms with E-state index in [0.29, 0.717) is 27.3 Å². The number of carbonyl (C=O) groups is 1. The number of nitro benzene ring substituents is 1. The number of anilines is 1. The fourth-order valence-corrected chi connectivity index (χ4v) is 3.54. The highest BCUT2D eigenvalue weighted by Gasteiger charge is 2.16. The number of rotatable bonds is 8. The van der Waals surface area contributed by atoms with E-state index in [-0.39, 0.29) is 29.5 Å². The number of benzene rings is 3. The van der Waals surface area contributed by atoms with Crippen LogP contribution in [-0.4, -0.2) is 10.8 Å². The average Bonchev–Trinajstić information content (AvgIpc) is 3.29. The molecule has 0 radical (unpaired) electrons. The van der Waals surface area contributed by atoms with Crippen LogP contribution in [0.2, 0.25) is 10.0 Å². The highest BCUT2D eigenvalue weighted by atomic mass is 35.5. The van der Waals surface area contributed by atoms with E-state index in [0.717, 1.165) is 5.56 Å². The maximum absolute atomic E-state index is 12.7. The molecule has 0 atom stereocenters. The van der Waals surface area contributed by atoms with Crippen molar-refractivity contribution in [3.05, 3.63) is 110 Å². The summed E-state index contributed by atoms with van der Waals surface area (Å²) in [5.74, 6) is 0.900. The molecule has 0 saturated carbocycles. The number of nitrogens with zero attached hydrogens (tertiary/aromatic N) is 1. The summed E-state index contributed by atoms with van der Waals surface area (Å²) >= 11 is 12.0. The molecule has 10 heteroatoms. The molecule has 0 fully saturated rings. The Morgan fingerprint density at radius 1 is 1.00 bits per heavy atom. The van der Waals surface area contributed by atoms with E-state index in [1.807, 2.05) is 19.1 Å². The number of nitro groups is 1. The Bertz CT molecular complexity index is 1390. The summed E-state index contributed by atoms with van der Waals surface area (Å²) in [5, 5.41) is 14.8. The summed E-state index contributed by atoms with van der Waals surface area (Å²) in [6.07, 6.45) is 0. The lowest BCUT2D eigenvalue weighted by Gasteiger charge is -2.09. The zero-order valence-corrected chi connectivity index (χ0v) is 19.8. The summed E-state index contributed by atoms with van der Waals surface area (Å²) in [4.78, 5) is 23.5. The standard InChI is InChI=1S/C25H18Cl2N2O6/c1-15-2-5-19(6-3-15)34-21-12-17(11-18(13-21)29(31)32)28-25(30)24-9-7-20(35-24)14-33-23-8-4-16(26)10-22(23)27/h2-13H,14H2,1H3,(H,28,30). The van der Waals surface area contributed by atoms with Gasteiger partial charge in [-0.25, -0.2) is 0 Å². The summed E-state index contributed by atoms with van der Waals surface area (Å²) < 4.78 is 16.9. The van der Waals surface area contributed by atoms with Gasteiger partial charge in [0.15, 0.2) is 5.76 Å². The number of ether oxygens (including phenoxy) is 2. The third kappa shape index (κ3) is 6.32. The van der Waals surface area contributed by atoms with Crippen LogP contribution in [0.4, 0.5) is 11.4 Å². The van der Waals surface area contributed by atoms with Crippen LogP contribution in [-0.2, 0) is 6.61 Å². The first kappa shape index (κ1) is 24.1. The molecule has 0 aliphatic carbocycles. The van der Waals surface area contributed by atoms with Crippen LogP contribution in [0.1, 0.15) is 21.9 Å². The maximum atomic E-state index is 12.7. The smallest absolute Gasteiger partial charge is 0.291 e. The number of nitrogens with one attached hydrogen (secondary N) is 1. The summed E-state index contributed by atoms with van der Waals surface area (Å²) in [6, 6.07) is 19.1. The normalized spacial score (nSPS) is 10.6. The number of non-ortho nitro benzene ring substituents is 1. The molecule has 1 amide bonds. The van der Waals surface area contributed by atoms with Crippen molar-refractivity contribution in [2.24, 2.45) is 0 Å². The second-order valence-electron chi connectivity index (χ2n) is 7.47. The Labute approximate surface area is 210 Å². The molecule has 1 N–H and O–H groups in total. The molecule has 4 rings (SSSR count). The van der Waals surface area contributed by atoms with Gasteiger partial charge in [0.1, 0.15) is 29.6 Å². The minimum atomic E-state index is -0.595. The van der Waals surface area contributed by atoms with Crippen molar-refractivity contribution >= 4 is 40.5 Å². The Balaban J connectivity index is 1.46. The van der Waals surface area contributed by atoms with E-state index in [1.165, 1.54) is 24.3 Å². The van der Waals surface area contributed by atoms with E-state index in [1.54, 1.807) is 36.4 Å². The Hall–Kier alpha value is -4.01. The second kappa shape index (κ2) is 10.5. The summed E-state index contributed by atoms with van der Waals surface area (Å²) in [6.45, 7) is 1.96. The molecular formula is C25H18Cl2N2O6. The Morgan fingerprint density at radius 3 is 2.49 bits per heavy atom. The molecule has 0 bridgehead atoms. The van der Waals surface area contributed by atoms with Crippen LogP contribution >= 0.6 is 23.2 Å². The number of carbonyl (C=O) groups excluding carboxylic acids is 1. The van der Waals surface area contributed by atoms with Gasteiger partial charge in [-0.05, 0) is 49.4 Å². The van der Waals surface area contributed by atoms with Crippen molar-refractivity contribution in [1.29, 1.82) is 0 Å². The van der Waals surface area contributed by atoms with Gasteiger partial charge in [0.05, 0.1) is 21.7 Å². The monoisotopic (exact) mass is 512 g/mol. The van der Waals surface area contributed by atoms with Crippen molar-refractivity contribution < 1.29 is 23.6 Å². The van der Waals surface area contributed by atoms with Gasteiger partial charge in [0.25, 0.3) is 11.6 Å². The van der Waals surface area contributed by atoms with Crippen LogP contribution in [0, 0.1) is 17.0 Å². The van der Waals surface area contributed by atoms with E-state index >= 15 is 0 Å². The Kier molecular flexibility index (Phi) is 7.24. The molecule has 178 valence electrons. The molecule has 1 heterocycles. The SMILES string of the molecule is Cc1ccc(Oc2cc(NC(=O)c3ccc(COc4ccc(Cl)cc4Cl)o3)cc([N+](=O)[O-])c2)cc1. The Morgan fingerprint density at radius 2 is 1.77 bits per heavy atom. The quantitative estimate of drug-likeness (QED) is 0.194. The van der Waals surface area contributed by atoms with Crippen molar-refractivity contribution in [1.82, 2.24) is 0 Å².